The van der Waals surface area contributed by atoms with Crippen LogP contribution in [0, 0.1) is 11.6 Å². The Morgan fingerprint density at radius 3 is 2.84 bits per heavy atom. The van der Waals surface area contributed by atoms with Crippen LogP contribution < -0.4 is 4.90 Å². The maximum atomic E-state index is 13.7. The Bertz CT molecular complexity index is 643. The molecule has 2 heterocycles. The van der Waals surface area contributed by atoms with Crippen molar-refractivity contribution >= 4 is 16.6 Å². The van der Waals surface area contributed by atoms with Crippen LogP contribution in [-0.2, 0) is 0 Å². The average Bonchev–Trinajstić information content (AvgIpc) is 2.69. The van der Waals surface area contributed by atoms with Crippen molar-refractivity contribution in [2.45, 2.75) is 18.9 Å². The zero-order chi connectivity index (χ0) is 13.6. The summed E-state index contributed by atoms with van der Waals surface area (Å²) in [6, 6.07) is 3.84. The van der Waals surface area contributed by atoms with Crippen molar-refractivity contribution in [2.24, 2.45) is 0 Å². The van der Waals surface area contributed by atoms with Crippen molar-refractivity contribution in [1.29, 1.82) is 0 Å². The second-order valence-corrected chi connectivity index (χ2v) is 5.28. The van der Waals surface area contributed by atoms with E-state index in [2.05, 4.69) is 4.98 Å². The van der Waals surface area contributed by atoms with Crippen LogP contribution in [0.1, 0.15) is 13.3 Å². The van der Waals surface area contributed by atoms with Gasteiger partial charge in [0.15, 0.2) is 5.82 Å². The van der Waals surface area contributed by atoms with E-state index in [0.717, 1.165) is 6.07 Å². The highest BCUT2D eigenvalue weighted by molar-refractivity contribution is 5.92. The lowest BCUT2D eigenvalue weighted by atomic mass is 10.1. The van der Waals surface area contributed by atoms with Crippen molar-refractivity contribution in [3.8, 4) is 0 Å². The second-order valence-electron chi connectivity index (χ2n) is 5.28. The highest BCUT2D eigenvalue weighted by atomic mass is 19.1. The third-order valence-corrected chi connectivity index (χ3v) is 3.53. The summed E-state index contributed by atoms with van der Waals surface area (Å²) in [4.78, 5) is 5.89. The molecule has 0 saturated carbocycles. The minimum atomic E-state index is -0.762. The summed E-state index contributed by atoms with van der Waals surface area (Å²) in [7, 11) is 0. The van der Waals surface area contributed by atoms with Crippen molar-refractivity contribution in [1.82, 2.24) is 4.98 Å². The zero-order valence-electron chi connectivity index (χ0n) is 10.5. The normalized spacial score (nSPS) is 23.3. The van der Waals surface area contributed by atoms with E-state index in [0.29, 0.717) is 30.6 Å². The fraction of sp³-hybridized carbons (Fsp3) is 0.357. The van der Waals surface area contributed by atoms with Crippen LogP contribution in [0.25, 0.3) is 10.9 Å². The Hall–Kier alpha value is -1.75. The second kappa shape index (κ2) is 4.13. The Balaban J connectivity index is 2.14. The molecule has 5 heteroatoms. The average molecular weight is 264 g/mol. The highest BCUT2D eigenvalue weighted by Crippen LogP contribution is 2.32. The molecule has 3 nitrogen and oxygen atoms in total. The van der Waals surface area contributed by atoms with E-state index in [1.54, 1.807) is 13.0 Å². The molecule has 1 saturated heterocycles. The third kappa shape index (κ3) is 2.14. The van der Waals surface area contributed by atoms with Gasteiger partial charge in [-0.15, -0.1) is 0 Å². The summed E-state index contributed by atoms with van der Waals surface area (Å²) in [6.45, 7) is 2.87. The number of hydrogen-bond donors (Lipinski definition) is 1. The number of anilines is 1. The largest absolute Gasteiger partial charge is 0.388 e. The molecule has 1 unspecified atom stereocenters. The number of β-amino-alcohol motifs (C(OH)–C–C–N with tert-alkyl or cyclic N) is 1. The van der Waals surface area contributed by atoms with E-state index in [4.69, 9.17) is 0 Å². The predicted molar refractivity (Wildman–Crippen MR) is 69.1 cm³/mol. The number of hydrogen-bond acceptors (Lipinski definition) is 3. The predicted octanol–water partition coefficient (Wildman–Crippen LogP) is 2.47. The van der Waals surface area contributed by atoms with E-state index >= 15 is 0 Å². The molecule has 1 fully saturated rings. The molecule has 0 amide bonds. The summed E-state index contributed by atoms with van der Waals surface area (Å²) < 4.78 is 27.1. The number of fused-ring (bicyclic) bond motifs is 1. The van der Waals surface area contributed by atoms with Gasteiger partial charge in [0.2, 0.25) is 0 Å². The molecule has 100 valence electrons. The van der Waals surface area contributed by atoms with Crippen molar-refractivity contribution in [3.05, 3.63) is 36.0 Å². The smallest absolute Gasteiger partial charge is 0.152 e. The van der Waals surface area contributed by atoms with Crippen LogP contribution in [0.4, 0.5) is 14.5 Å². The van der Waals surface area contributed by atoms with Crippen molar-refractivity contribution < 1.29 is 13.9 Å². The molecule has 0 bridgehead atoms. The number of rotatable bonds is 1. The molecule has 1 atom stereocenters. The van der Waals surface area contributed by atoms with Gasteiger partial charge in [-0.25, -0.2) is 8.78 Å². The Kier molecular flexibility index (Phi) is 2.67. The quantitative estimate of drug-likeness (QED) is 0.859. The maximum absolute atomic E-state index is 13.7. The molecule has 19 heavy (non-hydrogen) atoms. The van der Waals surface area contributed by atoms with E-state index in [-0.39, 0.29) is 5.52 Å². The first-order valence-electron chi connectivity index (χ1n) is 6.17. The zero-order valence-corrected chi connectivity index (χ0v) is 10.5. The van der Waals surface area contributed by atoms with Crippen molar-refractivity contribution in [3.63, 3.8) is 0 Å². The van der Waals surface area contributed by atoms with Crippen molar-refractivity contribution in [2.75, 3.05) is 18.0 Å². The molecule has 0 spiro atoms. The Morgan fingerprint density at radius 2 is 2.16 bits per heavy atom. The third-order valence-electron chi connectivity index (χ3n) is 3.53. The summed E-state index contributed by atoms with van der Waals surface area (Å²) in [5.41, 5.74) is 0.105. The van der Waals surface area contributed by atoms with Crippen LogP contribution in [0.2, 0.25) is 0 Å². The summed E-state index contributed by atoms with van der Waals surface area (Å²) in [5, 5.41) is 10.4. The van der Waals surface area contributed by atoms with Crippen LogP contribution in [-0.4, -0.2) is 28.8 Å². The number of halogens is 2. The molecular formula is C14H14F2N2O. The molecule has 1 aromatic heterocycles. The number of aliphatic hydroxyl groups is 1. The minimum Gasteiger partial charge on any atom is -0.388 e. The van der Waals surface area contributed by atoms with Gasteiger partial charge in [0, 0.05) is 36.4 Å². The van der Waals surface area contributed by atoms with Gasteiger partial charge in [-0.1, -0.05) is 0 Å². The van der Waals surface area contributed by atoms with E-state index in [1.807, 2.05) is 4.90 Å². The first-order chi connectivity index (χ1) is 8.96. The van der Waals surface area contributed by atoms with Gasteiger partial charge in [0.05, 0.1) is 5.60 Å². The molecule has 1 aliphatic heterocycles. The first kappa shape index (κ1) is 12.3. The van der Waals surface area contributed by atoms with E-state index in [9.17, 15) is 13.9 Å². The molecule has 0 radical (unpaired) electrons. The number of aromatic nitrogens is 1. The lowest BCUT2D eigenvalue weighted by Gasteiger charge is -2.22. The van der Waals surface area contributed by atoms with Gasteiger partial charge in [-0.2, -0.15) is 0 Å². The van der Waals surface area contributed by atoms with Gasteiger partial charge < -0.3 is 10.0 Å². The van der Waals surface area contributed by atoms with Crippen LogP contribution in [0.15, 0.2) is 24.4 Å². The summed E-state index contributed by atoms with van der Waals surface area (Å²) in [5.74, 6) is -1.28. The number of pyridine rings is 1. The Morgan fingerprint density at radius 1 is 1.37 bits per heavy atom. The van der Waals surface area contributed by atoms with Crippen LogP contribution in [0.5, 0.6) is 0 Å². The summed E-state index contributed by atoms with van der Waals surface area (Å²) >= 11 is 0. The lowest BCUT2D eigenvalue weighted by Crippen LogP contribution is -2.29. The number of nitrogens with zero attached hydrogens (tertiary/aromatic N) is 2. The van der Waals surface area contributed by atoms with Crippen LogP contribution >= 0.6 is 0 Å². The highest BCUT2D eigenvalue weighted by Gasteiger charge is 2.32. The van der Waals surface area contributed by atoms with Gasteiger partial charge in [-0.05, 0) is 25.5 Å². The molecule has 1 aromatic carbocycles. The Labute approximate surface area is 109 Å². The van der Waals surface area contributed by atoms with Gasteiger partial charge in [0.25, 0.3) is 0 Å². The fourth-order valence-electron chi connectivity index (χ4n) is 2.59. The van der Waals surface area contributed by atoms with Gasteiger partial charge in [0.1, 0.15) is 11.3 Å². The molecule has 1 aliphatic rings. The standard InChI is InChI=1S/C14H14F2N2O/c1-14(19)3-5-18(8-14)12-2-4-17-13-10(12)6-9(15)7-11(13)16/h2,4,6-7,19H,3,5,8H2,1H3. The first-order valence-corrected chi connectivity index (χ1v) is 6.17. The molecular weight excluding hydrogens is 250 g/mol. The molecule has 1 N–H and O–H groups in total. The minimum absolute atomic E-state index is 0.158. The van der Waals surface area contributed by atoms with Gasteiger partial charge >= 0.3 is 0 Å². The number of benzene rings is 1. The topological polar surface area (TPSA) is 36.4 Å². The summed E-state index contributed by atoms with van der Waals surface area (Å²) in [6.07, 6.45) is 2.14. The monoisotopic (exact) mass is 264 g/mol. The SMILES string of the molecule is CC1(O)CCN(c2ccnc3c(F)cc(F)cc23)C1. The van der Waals surface area contributed by atoms with E-state index in [1.165, 1.54) is 12.3 Å². The molecule has 3 rings (SSSR count). The van der Waals surface area contributed by atoms with E-state index < -0.39 is 17.2 Å². The molecule has 2 aromatic rings. The maximum Gasteiger partial charge on any atom is 0.152 e. The van der Waals surface area contributed by atoms with Gasteiger partial charge in [-0.3, -0.25) is 4.98 Å². The van der Waals surface area contributed by atoms with Crippen LogP contribution in [0.3, 0.4) is 0 Å². The fourth-order valence-corrected chi connectivity index (χ4v) is 2.59. The molecule has 0 aliphatic carbocycles. The lowest BCUT2D eigenvalue weighted by molar-refractivity contribution is 0.0839.